The van der Waals surface area contributed by atoms with E-state index >= 15 is 0 Å². The first kappa shape index (κ1) is 15.5. The lowest BCUT2D eigenvalue weighted by Crippen LogP contribution is -2.27. The van der Waals surface area contributed by atoms with Gasteiger partial charge in [0.05, 0.1) is 10.6 Å². The molecule has 0 saturated heterocycles. The van der Waals surface area contributed by atoms with Crippen LogP contribution in [0.1, 0.15) is 16.7 Å². The van der Waals surface area contributed by atoms with E-state index in [1.54, 1.807) is 25.2 Å². The third-order valence-electron chi connectivity index (χ3n) is 3.48. The zero-order chi connectivity index (χ0) is 15.6. The molecule has 0 spiro atoms. The first-order chi connectivity index (χ1) is 9.86. The normalized spacial score (nSPS) is 11.4. The van der Waals surface area contributed by atoms with Gasteiger partial charge in [0.25, 0.3) is 10.0 Å². The van der Waals surface area contributed by atoms with Crippen molar-refractivity contribution in [1.29, 1.82) is 0 Å². The molecule has 0 aliphatic rings. The fourth-order valence-corrected chi connectivity index (χ4v) is 3.61. The van der Waals surface area contributed by atoms with Crippen LogP contribution in [0.2, 0.25) is 0 Å². The van der Waals surface area contributed by atoms with Crippen LogP contribution in [-0.2, 0) is 16.6 Å². The third kappa shape index (κ3) is 3.09. The lowest BCUT2D eigenvalue weighted by molar-refractivity contribution is 0.594. The molecule has 0 aromatic heterocycles. The van der Waals surface area contributed by atoms with E-state index in [1.807, 2.05) is 38.1 Å². The van der Waals surface area contributed by atoms with Crippen molar-refractivity contribution in [2.24, 2.45) is 5.73 Å². The summed E-state index contributed by atoms with van der Waals surface area (Å²) < 4.78 is 26.8. The van der Waals surface area contributed by atoms with Gasteiger partial charge in [-0.15, -0.1) is 0 Å². The minimum atomic E-state index is -3.58. The van der Waals surface area contributed by atoms with Gasteiger partial charge in [0.1, 0.15) is 0 Å². The van der Waals surface area contributed by atoms with Crippen LogP contribution in [-0.4, -0.2) is 15.5 Å². The molecule has 0 aliphatic heterocycles. The van der Waals surface area contributed by atoms with Crippen LogP contribution in [0.3, 0.4) is 0 Å². The molecular formula is C16H20N2O2S. The number of hydrogen-bond acceptors (Lipinski definition) is 3. The molecule has 2 aromatic carbocycles. The highest BCUT2D eigenvalue weighted by Crippen LogP contribution is 2.26. The predicted octanol–water partition coefficient (Wildman–Crippen LogP) is 2.59. The van der Waals surface area contributed by atoms with Gasteiger partial charge >= 0.3 is 0 Å². The lowest BCUT2D eigenvalue weighted by Gasteiger charge is -2.22. The van der Waals surface area contributed by atoms with Gasteiger partial charge in [-0.25, -0.2) is 8.42 Å². The van der Waals surface area contributed by atoms with E-state index in [9.17, 15) is 8.42 Å². The number of nitrogens with two attached hydrogens (primary N) is 1. The second kappa shape index (κ2) is 5.87. The maximum Gasteiger partial charge on any atom is 0.264 e. The van der Waals surface area contributed by atoms with Crippen molar-refractivity contribution in [3.63, 3.8) is 0 Å². The minimum absolute atomic E-state index is 0.257. The number of sulfonamides is 1. The monoisotopic (exact) mass is 304 g/mol. The molecule has 0 fully saturated rings. The van der Waals surface area contributed by atoms with Gasteiger partial charge in [-0.3, -0.25) is 4.31 Å². The van der Waals surface area contributed by atoms with Crippen molar-refractivity contribution in [3.8, 4) is 0 Å². The fourth-order valence-electron chi connectivity index (χ4n) is 2.28. The molecule has 4 nitrogen and oxygen atoms in total. The molecular weight excluding hydrogens is 284 g/mol. The Labute approximate surface area is 126 Å². The second-order valence-corrected chi connectivity index (χ2v) is 7.08. The SMILES string of the molecule is Cc1ccc(N(C)S(=O)(=O)c2cccc(CN)c2)c(C)c1. The average molecular weight is 304 g/mol. The molecule has 2 N–H and O–H groups in total. The highest BCUT2D eigenvalue weighted by molar-refractivity contribution is 7.92. The highest BCUT2D eigenvalue weighted by atomic mass is 32.2. The van der Waals surface area contributed by atoms with E-state index in [4.69, 9.17) is 5.73 Å². The van der Waals surface area contributed by atoms with E-state index in [1.165, 1.54) is 4.31 Å². The molecule has 0 saturated carbocycles. The smallest absolute Gasteiger partial charge is 0.264 e. The summed E-state index contributed by atoms with van der Waals surface area (Å²) in [7, 11) is -2.01. The van der Waals surface area contributed by atoms with E-state index in [0.717, 1.165) is 16.7 Å². The summed E-state index contributed by atoms with van der Waals surface area (Å²) in [6.07, 6.45) is 0. The molecule has 2 aromatic rings. The molecule has 0 radical (unpaired) electrons. The Balaban J connectivity index is 2.47. The van der Waals surface area contributed by atoms with Crippen LogP contribution < -0.4 is 10.0 Å². The van der Waals surface area contributed by atoms with Crippen molar-refractivity contribution in [3.05, 3.63) is 59.2 Å². The van der Waals surface area contributed by atoms with Crippen LogP contribution in [0.5, 0.6) is 0 Å². The summed E-state index contributed by atoms with van der Waals surface area (Å²) in [6, 6.07) is 12.4. The average Bonchev–Trinajstić information content (AvgIpc) is 2.46. The fraction of sp³-hybridized carbons (Fsp3) is 0.250. The molecule has 5 heteroatoms. The Hall–Kier alpha value is -1.85. The molecule has 0 unspecified atom stereocenters. The van der Waals surface area contributed by atoms with Crippen molar-refractivity contribution in [1.82, 2.24) is 0 Å². The summed E-state index contributed by atoms with van der Waals surface area (Å²) in [4.78, 5) is 0.257. The number of benzene rings is 2. The number of anilines is 1. The van der Waals surface area contributed by atoms with Gasteiger partial charge < -0.3 is 5.73 Å². The molecule has 0 atom stereocenters. The number of nitrogens with zero attached hydrogens (tertiary/aromatic N) is 1. The van der Waals surface area contributed by atoms with Gasteiger partial charge in [0.2, 0.25) is 0 Å². The summed E-state index contributed by atoms with van der Waals surface area (Å²) >= 11 is 0. The predicted molar refractivity (Wildman–Crippen MR) is 85.8 cm³/mol. The standard InChI is InChI=1S/C16H20N2O2S/c1-12-7-8-16(13(2)9-12)18(3)21(19,20)15-6-4-5-14(10-15)11-17/h4-10H,11,17H2,1-3H3. The van der Waals surface area contributed by atoms with Gasteiger partial charge in [0, 0.05) is 13.6 Å². The van der Waals surface area contributed by atoms with Crippen molar-refractivity contribution in [2.45, 2.75) is 25.3 Å². The Morgan fingerprint density at radius 3 is 2.43 bits per heavy atom. The maximum absolute atomic E-state index is 12.7. The summed E-state index contributed by atoms with van der Waals surface area (Å²) in [6.45, 7) is 4.21. The van der Waals surface area contributed by atoms with Crippen LogP contribution in [0.15, 0.2) is 47.4 Å². The first-order valence-electron chi connectivity index (χ1n) is 6.71. The molecule has 0 heterocycles. The molecule has 21 heavy (non-hydrogen) atoms. The number of rotatable bonds is 4. The quantitative estimate of drug-likeness (QED) is 0.944. The number of aryl methyl sites for hydroxylation is 2. The highest BCUT2D eigenvalue weighted by Gasteiger charge is 2.22. The van der Waals surface area contributed by atoms with Crippen LogP contribution in [0, 0.1) is 13.8 Å². The summed E-state index contributed by atoms with van der Waals surface area (Å²) in [5, 5.41) is 0. The van der Waals surface area contributed by atoms with Gasteiger partial charge in [-0.1, -0.05) is 29.8 Å². The maximum atomic E-state index is 12.7. The topological polar surface area (TPSA) is 63.4 Å². The molecule has 0 amide bonds. The Bertz CT molecular complexity index is 755. The van der Waals surface area contributed by atoms with E-state index in [0.29, 0.717) is 12.2 Å². The largest absolute Gasteiger partial charge is 0.326 e. The van der Waals surface area contributed by atoms with Crippen LogP contribution >= 0.6 is 0 Å². The zero-order valence-electron chi connectivity index (χ0n) is 12.5. The molecule has 112 valence electrons. The van der Waals surface area contributed by atoms with E-state index in [-0.39, 0.29) is 4.90 Å². The minimum Gasteiger partial charge on any atom is -0.326 e. The lowest BCUT2D eigenvalue weighted by atomic mass is 10.1. The van der Waals surface area contributed by atoms with Crippen LogP contribution in [0.25, 0.3) is 0 Å². The first-order valence-corrected chi connectivity index (χ1v) is 8.15. The van der Waals surface area contributed by atoms with Crippen molar-refractivity contribution in [2.75, 3.05) is 11.4 Å². The molecule has 2 rings (SSSR count). The molecule has 0 aliphatic carbocycles. The summed E-state index contributed by atoms with van der Waals surface area (Å²) in [5.74, 6) is 0. The van der Waals surface area contributed by atoms with Gasteiger partial charge in [-0.2, -0.15) is 0 Å². The van der Waals surface area contributed by atoms with E-state index < -0.39 is 10.0 Å². The zero-order valence-corrected chi connectivity index (χ0v) is 13.3. The van der Waals surface area contributed by atoms with Gasteiger partial charge in [0.15, 0.2) is 0 Å². The summed E-state index contributed by atoms with van der Waals surface area (Å²) in [5.41, 5.74) is 9.09. The second-order valence-electron chi connectivity index (χ2n) is 5.11. The molecule has 0 bridgehead atoms. The van der Waals surface area contributed by atoms with E-state index in [2.05, 4.69) is 0 Å². The van der Waals surface area contributed by atoms with Crippen LogP contribution in [0.4, 0.5) is 5.69 Å². The third-order valence-corrected chi connectivity index (χ3v) is 5.25. The number of hydrogen-bond donors (Lipinski definition) is 1. The Morgan fingerprint density at radius 2 is 1.81 bits per heavy atom. The van der Waals surface area contributed by atoms with Crippen molar-refractivity contribution >= 4 is 15.7 Å². The Morgan fingerprint density at radius 1 is 1.10 bits per heavy atom. The van der Waals surface area contributed by atoms with Gasteiger partial charge in [-0.05, 0) is 43.2 Å². The Kier molecular flexibility index (Phi) is 4.34. The van der Waals surface area contributed by atoms with Crippen molar-refractivity contribution < 1.29 is 8.42 Å².